The Morgan fingerprint density at radius 1 is 1.24 bits per heavy atom. The molecule has 1 aliphatic heterocycles. The molecule has 0 bridgehead atoms. The monoisotopic (exact) mass is 284 g/mol. The Kier molecular flexibility index (Phi) is 3.58. The molecule has 0 radical (unpaired) electrons. The van der Waals surface area contributed by atoms with Crippen LogP contribution < -0.4 is 0 Å². The van der Waals surface area contributed by atoms with Crippen LogP contribution in [0.15, 0.2) is 54.9 Å². The molecule has 1 aromatic heterocycles. The summed E-state index contributed by atoms with van der Waals surface area (Å²) in [5.41, 5.74) is 0.644. The summed E-state index contributed by atoms with van der Waals surface area (Å²) in [5.74, 6) is 0. The minimum atomic E-state index is -1.01. The minimum absolute atomic E-state index is 0.228. The Bertz CT molecular complexity index is 610. The van der Waals surface area contributed by atoms with E-state index < -0.39 is 11.7 Å². The van der Waals surface area contributed by atoms with Gasteiger partial charge in [0.1, 0.15) is 12.2 Å². The fourth-order valence-electron chi connectivity index (χ4n) is 2.35. The maximum absolute atomic E-state index is 11.9. The number of benzene rings is 1. The van der Waals surface area contributed by atoms with Gasteiger partial charge in [-0.1, -0.05) is 36.4 Å². The van der Waals surface area contributed by atoms with Crippen molar-refractivity contribution in [3.8, 4) is 0 Å². The maximum Gasteiger partial charge on any atom is 0.410 e. The third-order valence-electron chi connectivity index (χ3n) is 3.57. The summed E-state index contributed by atoms with van der Waals surface area (Å²) in [4.78, 5) is 17.4. The van der Waals surface area contributed by atoms with Gasteiger partial charge in [-0.3, -0.25) is 4.98 Å². The quantitative estimate of drug-likeness (QED) is 0.935. The number of nitrogens with zero attached hydrogens (tertiary/aromatic N) is 2. The molecule has 21 heavy (non-hydrogen) atoms. The topological polar surface area (TPSA) is 62.7 Å². The van der Waals surface area contributed by atoms with E-state index in [0.717, 1.165) is 11.1 Å². The van der Waals surface area contributed by atoms with Crippen molar-refractivity contribution in [3.05, 3.63) is 66.0 Å². The predicted octanol–water partition coefficient (Wildman–Crippen LogP) is 1.92. The van der Waals surface area contributed by atoms with Gasteiger partial charge in [0.2, 0.25) is 0 Å². The molecule has 0 unspecified atom stereocenters. The summed E-state index contributed by atoms with van der Waals surface area (Å²) in [6.07, 6.45) is 2.86. The number of aliphatic hydroxyl groups is 1. The number of rotatable bonds is 3. The molecule has 1 aromatic carbocycles. The highest BCUT2D eigenvalue weighted by molar-refractivity contribution is 5.69. The Morgan fingerprint density at radius 3 is 2.67 bits per heavy atom. The highest BCUT2D eigenvalue weighted by atomic mass is 16.6. The van der Waals surface area contributed by atoms with E-state index in [0.29, 0.717) is 0 Å². The van der Waals surface area contributed by atoms with Gasteiger partial charge >= 0.3 is 6.09 Å². The number of likely N-dealkylation sites (tertiary alicyclic amines) is 1. The van der Waals surface area contributed by atoms with Gasteiger partial charge in [-0.05, 0) is 11.6 Å². The van der Waals surface area contributed by atoms with Gasteiger partial charge in [-0.2, -0.15) is 0 Å². The van der Waals surface area contributed by atoms with Gasteiger partial charge in [0.05, 0.1) is 13.1 Å². The average molecular weight is 284 g/mol. The second-order valence-corrected chi connectivity index (χ2v) is 5.17. The van der Waals surface area contributed by atoms with Crippen LogP contribution >= 0.6 is 0 Å². The first-order valence-corrected chi connectivity index (χ1v) is 6.76. The van der Waals surface area contributed by atoms with Gasteiger partial charge in [0.15, 0.2) is 0 Å². The third-order valence-corrected chi connectivity index (χ3v) is 3.57. The van der Waals surface area contributed by atoms with E-state index in [9.17, 15) is 9.90 Å². The van der Waals surface area contributed by atoms with Crippen molar-refractivity contribution >= 4 is 6.09 Å². The minimum Gasteiger partial charge on any atom is -0.445 e. The molecule has 0 atom stereocenters. The summed E-state index contributed by atoms with van der Waals surface area (Å²) in [6, 6.07) is 13.1. The lowest BCUT2D eigenvalue weighted by molar-refractivity contribution is -0.0951. The number of hydrogen-bond donors (Lipinski definition) is 1. The van der Waals surface area contributed by atoms with E-state index in [2.05, 4.69) is 4.98 Å². The van der Waals surface area contributed by atoms with Crippen LogP contribution in [0.4, 0.5) is 4.79 Å². The molecule has 2 heterocycles. The third kappa shape index (κ3) is 2.87. The van der Waals surface area contributed by atoms with E-state index in [1.54, 1.807) is 24.5 Å². The first-order valence-electron chi connectivity index (χ1n) is 6.76. The molecule has 5 heteroatoms. The second-order valence-electron chi connectivity index (χ2n) is 5.17. The zero-order valence-corrected chi connectivity index (χ0v) is 11.5. The molecule has 1 aliphatic rings. The SMILES string of the molecule is O=C(OCc1ccccc1)N1CC(O)(c2cccnc2)C1. The lowest BCUT2D eigenvalue weighted by Crippen LogP contribution is -2.61. The molecule has 0 aliphatic carbocycles. The number of hydrogen-bond acceptors (Lipinski definition) is 4. The van der Waals surface area contributed by atoms with Crippen molar-refractivity contribution in [2.45, 2.75) is 12.2 Å². The van der Waals surface area contributed by atoms with Crippen molar-refractivity contribution in [3.63, 3.8) is 0 Å². The first-order chi connectivity index (χ1) is 10.2. The van der Waals surface area contributed by atoms with Crippen LogP contribution in [0, 0.1) is 0 Å². The maximum atomic E-state index is 11.9. The number of pyridine rings is 1. The van der Waals surface area contributed by atoms with Crippen molar-refractivity contribution < 1.29 is 14.6 Å². The van der Waals surface area contributed by atoms with Crippen molar-refractivity contribution in [1.29, 1.82) is 0 Å². The summed E-state index contributed by atoms with van der Waals surface area (Å²) in [6.45, 7) is 0.695. The normalized spacial score (nSPS) is 16.1. The van der Waals surface area contributed by atoms with Gasteiger partial charge in [-0.25, -0.2) is 4.79 Å². The zero-order valence-electron chi connectivity index (χ0n) is 11.5. The fourth-order valence-corrected chi connectivity index (χ4v) is 2.35. The average Bonchev–Trinajstić information content (AvgIpc) is 2.51. The molecule has 5 nitrogen and oxygen atoms in total. The molecule has 1 saturated heterocycles. The molecular weight excluding hydrogens is 268 g/mol. The summed E-state index contributed by atoms with van der Waals surface area (Å²) >= 11 is 0. The number of amides is 1. The van der Waals surface area contributed by atoms with Crippen LogP contribution in [0.25, 0.3) is 0 Å². The summed E-state index contributed by atoms with van der Waals surface area (Å²) in [5, 5.41) is 10.4. The number of aromatic nitrogens is 1. The Morgan fingerprint density at radius 2 is 2.00 bits per heavy atom. The number of ether oxygens (including phenoxy) is 1. The zero-order chi connectivity index (χ0) is 14.7. The van der Waals surface area contributed by atoms with E-state index in [-0.39, 0.29) is 19.7 Å². The lowest BCUT2D eigenvalue weighted by atomic mass is 9.87. The highest BCUT2D eigenvalue weighted by Crippen LogP contribution is 2.31. The summed E-state index contributed by atoms with van der Waals surface area (Å²) in [7, 11) is 0. The predicted molar refractivity (Wildman–Crippen MR) is 76.3 cm³/mol. The van der Waals surface area contributed by atoms with Crippen LogP contribution in [0.5, 0.6) is 0 Å². The van der Waals surface area contributed by atoms with Crippen molar-refractivity contribution in [2.75, 3.05) is 13.1 Å². The Labute approximate surface area is 122 Å². The van der Waals surface area contributed by atoms with Crippen LogP contribution in [-0.4, -0.2) is 34.2 Å². The fraction of sp³-hybridized carbons (Fsp3) is 0.250. The molecular formula is C16H16N2O3. The van der Waals surface area contributed by atoms with Gasteiger partial charge in [0, 0.05) is 18.0 Å². The first kappa shape index (κ1) is 13.6. The van der Waals surface area contributed by atoms with Gasteiger partial charge < -0.3 is 14.7 Å². The second kappa shape index (κ2) is 5.54. The van der Waals surface area contributed by atoms with Crippen molar-refractivity contribution in [1.82, 2.24) is 9.88 Å². The van der Waals surface area contributed by atoms with E-state index >= 15 is 0 Å². The Balaban J connectivity index is 1.53. The molecule has 108 valence electrons. The lowest BCUT2D eigenvalue weighted by Gasteiger charge is -2.45. The van der Waals surface area contributed by atoms with Crippen LogP contribution in [-0.2, 0) is 16.9 Å². The van der Waals surface area contributed by atoms with E-state index in [1.807, 2.05) is 30.3 Å². The highest BCUT2D eigenvalue weighted by Gasteiger charge is 2.45. The van der Waals surface area contributed by atoms with E-state index in [4.69, 9.17) is 4.74 Å². The smallest absolute Gasteiger partial charge is 0.410 e. The standard InChI is InChI=1S/C16H16N2O3/c19-15(21-10-13-5-2-1-3-6-13)18-11-16(20,12-18)14-7-4-8-17-9-14/h1-9,20H,10-12H2. The van der Waals surface area contributed by atoms with Crippen molar-refractivity contribution in [2.24, 2.45) is 0 Å². The van der Waals surface area contributed by atoms with Gasteiger partial charge in [-0.15, -0.1) is 0 Å². The Hall–Kier alpha value is -2.40. The van der Waals surface area contributed by atoms with Crippen LogP contribution in [0.3, 0.4) is 0 Å². The molecule has 1 amide bonds. The van der Waals surface area contributed by atoms with E-state index in [1.165, 1.54) is 4.90 Å². The summed E-state index contributed by atoms with van der Waals surface area (Å²) < 4.78 is 5.22. The molecule has 3 rings (SSSR count). The molecule has 2 aromatic rings. The van der Waals surface area contributed by atoms with Gasteiger partial charge in [0.25, 0.3) is 0 Å². The number of β-amino-alcohol motifs (C(OH)–C–C–N with tert-alkyl or cyclic N) is 1. The van der Waals surface area contributed by atoms with Crippen LogP contribution in [0.1, 0.15) is 11.1 Å². The largest absolute Gasteiger partial charge is 0.445 e. The molecule has 1 fully saturated rings. The van der Waals surface area contributed by atoms with Crippen LogP contribution in [0.2, 0.25) is 0 Å². The number of carbonyl (C=O) groups is 1. The molecule has 0 saturated carbocycles. The molecule has 0 spiro atoms. The number of carbonyl (C=O) groups excluding carboxylic acids is 1. The molecule has 1 N–H and O–H groups in total.